The summed E-state index contributed by atoms with van der Waals surface area (Å²) >= 11 is 0. The Kier molecular flexibility index (Phi) is 6.87. The fraction of sp³-hybridized carbons (Fsp3) is 0.700. The molecule has 0 aliphatic carbocycles. The predicted octanol–water partition coefficient (Wildman–Crippen LogP) is 0.503. The number of halogens is 3. The molecule has 19 heavy (non-hydrogen) atoms. The molecular formula is C10H14F3NO5. The van der Waals surface area contributed by atoms with Gasteiger partial charge < -0.3 is 14.4 Å². The van der Waals surface area contributed by atoms with Crippen LogP contribution in [0.2, 0.25) is 0 Å². The van der Waals surface area contributed by atoms with Crippen LogP contribution in [0.1, 0.15) is 13.8 Å². The zero-order valence-corrected chi connectivity index (χ0v) is 10.5. The van der Waals surface area contributed by atoms with Crippen molar-refractivity contribution in [2.24, 2.45) is 0 Å². The second-order valence-electron chi connectivity index (χ2n) is 3.27. The van der Waals surface area contributed by atoms with Gasteiger partial charge >= 0.3 is 24.0 Å². The zero-order valence-electron chi connectivity index (χ0n) is 10.5. The van der Waals surface area contributed by atoms with Crippen LogP contribution in [-0.2, 0) is 23.9 Å². The van der Waals surface area contributed by atoms with Crippen LogP contribution in [0.3, 0.4) is 0 Å². The van der Waals surface area contributed by atoms with Crippen molar-refractivity contribution >= 4 is 17.8 Å². The van der Waals surface area contributed by atoms with E-state index in [1.165, 1.54) is 13.8 Å². The molecule has 0 saturated heterocycles. The fourth-order valence-electron chi connectivity index (χ4n) is 1.10. The van der Waals surface area contributed by atoms with Crippen molar-refractivity contribution in [1.29, 1.82) is 0 Å². The minimum absolute atomic E-state index is 0.0377. The molecule has 0 aromatic rings. The quantitative estimate of drug-likeness (QED) is 0.665. The van der Waals surface area contributed by atoms with Gasteiger partial charge in [0, 0.05) is 0 Å². The Morgan fingerprint density at radius 3 is 1.58 bits per heavy atom. The number of hydrogen-bond acceptors (Lipinski definition) is 5. The number of esters is 2. The van der Waals surface area contributed by atoms with Gasteiger partial charge in [-0.15, -0.1) is 0 Å². The molecule has 110 valence electrons. The van der Waals surface area contributed by atoms with Gasteiger partial charge in [-0.1, -0.05) is 0 Å². The average molecular weight is 285 g/mol. The summed E-state index contributed by atoms with van der Waals surface area (Å²) in [6.07, 6.45) is -5.18. The van der Waals surface area contributed by atoms with Gasteiger partial charge in [0.2, 0.25) is 0 Å². The van der Waals surface area contributed by atoms with E-state index in [9.17, 15) is 27.6 Å². The Morgan fingerprint density at radius 1 is 0.947 bits per heavy atom. The summed E-state index contributed by atoms with van der Waals surface area (Å²) in [7, 11) is 0. The first-order chi connectivity index (χ1) is 8.72. The van der Waals surface area contributed by atoms with Gasteiger partial charge in [0.25, 0.3) is 0 Å². The van der Waals surface area contributed by atoms with Crippen molar-refractivity contribution in [2.75, 3.05) is 26.3 Å². The maximum absolute atomic E-state index is 12.3. The Labute approximate surface area is 107 Å². The Morgan fingerprint density at radius 2 is 1.32 bits per heavy atom. The van der Waals surface area contributed by atoms with Crippen LogP contribution in [0.15, 0.2) is 0 Å². The largest absolute Gasteiger partial charge is 0.471 e. The molecule has 0 spiro atoms. The van der Waals surface area contributed by atoms with Gasteiger partial charge in [-0.05, 0) is 13.8 Å². The van der Waals surface area contributed by atoms with E-state index in [4.69, 9.17) is 0 Å². The third kappa shape index (κ3) is 6.63. The number of amides is 1. The average Bonchev–Trinajstić information content (AvgIpc) is 2.26. The highest BCUT2D eigenvalue weighted by Crippen LogP contribution is 2.18. The molecule has 0 fully saturated rings. The van der Waals surface area contributed by atoms with Crippen molar-refractivity contribution in [2.45, 2.75) is 20.0 Å². The molecule has 0 aromatic heterocycles. The van der Waals surface area contributed by atoms with Crippen LogP contribution >= 0.6 is 0 Å². The Balaban J connectivity index is 4.78. The van der Waals surface area contributed by atoms with Crippen LogP contribution in [0.25, 0.3) is 0 Å². The van der Waals surface area contributed by atoms with Crippen LogP contribution in [0, 0.1) is 0 Å². The van der Waals surface area contributed by atoms with E-state index in [-0.39, 0.29) is 18.1 Å². The molecule has 9 heteroatoms. The summed E-state index contributed by atoms with van der Waals surface area (Å²) in [5.74, 6) is -4.37. The molecule has 0 unspecified atom stereocenters. The van der Waals surface area contributed by atoms with Crippen LogP contribution in [-0.4, -0.2) is 55.2 Å². The lowest BCUT2D eigenvalue weighted by molar-refractivity contribution is -0.188. The number of hydrogen-bond donors (Lipinski definition) is 0. The van der Waals surface area contributed by atoms with Crippen molar-refractivity contribution in [3.63, 3.8) is 0 Å². The molecule has 0 aliphatic rings. The monoisotopic (exact) mass is 285 g/mol. The molecule has 0 heterocycles. The van der Waals surface area contributed by atoms with E-state index in [0.29, 0.717) is 0 Å². The van der Waals surface area contributed by atoms with Crippen molar-refractivity contribution in [3.05, 3.63) is 0 Å². The van der Waals surface area contributed by atoms with Crippen LogP contribution in [0.4, 0.5) is 13.2 Å². The van der Waals surface area contributed by atoms with E-state index in [1.807, 2.05) is 0 Å². The maximum atomic E-state index is 12.3. The van der Waals surface area contributed by atoms with Gasteiger partial charge in [0.15, 0.2) is 0 Å². The van der Waals surface area contributed by atoms with Gasteiger partial charge in [-0.3, -0.25) is 14.4 Å². The zero-order chi connectivity index (χ0) is 15.1. The lowest BCUT2D eigenvalue weighted by Crippen LogP contribution is -2.46. The normalized spacial score (nSPS) is 10.8. The van der Waals surface area contributed by atoms with E-state index in [0.717, 1.165) is 0 Å². The highest BCUT2D eigenvalue weighted by atomic mass is 19.4. The van der Waals surface area contributed by atoms with Crippen LogP contribution in [0.5, 0.6) is 0 Å². The lowest BCUT2D eigenvalue weighted by Gasteiger charge is -2.21. The van der Waals surface area contributed by atoms with Crippen molar-refractivity contribution in [1.82, 2.24) is 4.90 Å². The molecule has 1 amide bonds. The number of ether oxygens (including phenoxy) is 2. The SMILES string of the molecule is CCOC(=O)CN(CC(=O)OCC)C(=O)C(F)(F)F. The van der Waals surface area contributed by atoms with E-state index >= 15 is 0 Å². The fourth-order valence-corrected chi connectivity index (χ4v) is 1.10. The van der Waals surface area contributed by atoms with E-state index in [2.05, 4.69) is 9.47 Å². The van der Waals surface area contributed by atoms with E-state index < -0.39 is 37.1 Å². The topological polar surface area (TPSA) is 72.9 Å². The molecule has 0 N–H and O–H groups in total. The smallest absolute Gasteiger partial charge is 0.465 e. The third-order valence-electron chi connectivity index (χ3n) is 1.78. The summed E-state index contributed by atoms with van der Waals surface area (Å²) in [5.41, 5.74) is 0. The standard InChI is InChI=1S/C10H14F3NO5/c1-3-18-7(15)5-14(6-8(16)19-4-2)9(17)10(11,12)13/h3-6H2,1-2H3. The molecular weight excluding hydrogens is 271 g/mol. The first kappa shape index (κ1) is 17.2. The molecule has 0 saturated carbocycles. The van der Waals surface area contributed by atoms with Crippen LogP contribution < -0.4 is 0 Å². The highest BCUT2D eigenvalue weighted by molar-refractivity contribution is 5.89. The summed E-state index contributed by atoms with van der Waals surface area (Å²) in [4.78, 5) is 33.2. The number of alkyl halides is 3. The first-order valence-corrected chi connectivity index (χ1v) is 5.39. The third-order valence-corrected chi connectivity index (χ3v) is 1.78. The summed E-state index contributed by atoms with van der Waals surface area (Å²) < 4.78 is 45.7. The van der Waals surface area contributed by atoms with E-state index in [1.54, 1.807) is 0 Å². The molecule has 6 nitrogen and oxygen atoms in total. The lowest BCUT2D eigenvalue weighted by atomic mass is 10.4. The Bertz CT molecular complexity index is 323. The minimum atomic E-state index is -5.18. The summed E-state index contributed by atoms with van der Waals surface area (Å²) in [6, 6.07) is 0. The predicted molar refractivity (Wildman–Crippen MR) is 55.9 cm³/mol. The first-order valence-electron chi connectivity index (χ1n) is 5.39. The minimum Gasteiger partial charge on any atom is -0.465 e. The van der Waals surface area contributed by atoms with Gasteiger partial charge in [-0.2, -0.15) is 13.2 Å². The second kappa shape index (κ2) is 7.59. The van der Waals surface area contributed by atoms with Gasteiger partial charge in [0.05, 0.1) is 13.2 Å². The molecule has 0 aliphatic heterocycles. The van der Waals surface area contributed by atoms with Gasteiger partial charge in [0.1, 0.15) is 13.1 Å². The molecule has 0 bridgehead atoms. The number of rotatable bonds is 6. The van der Waals surface area contributed by atoms with Crippen molar-refractivity contribution in [3.8, 4) is 0 Å². The maximum Gasteiger partial charge on any atom is 0.471 e. The second-order valence-corrected chi connectivity index (χ2v) is 3.27. The number of carbonyl (C=O) groups is 3. The number of carbonyl (C=O) groups excluding carboxylic acids is 3. The van der Waals surface area contributed by atoms with Crippen molar-refractivity contribution < 1.29 is 37.0 Å². The molecule has 0 aromatic carbocycles. The molecule has 0 radical (unpaired) electrons. The summed E-state index contributed by atoms with van der Waals surface area (Å²) in [6.45, 7) is 0.882. The highest BCUT2D eigenvalue weighted by Gasteiger charge is 2.43. The Hall–Kier alpha value is -1.80. The summed E-state index contributed by atoms with van der Waals surface area (Å²) in [5, 5.41) is 0. The molecule has 0 rings (SSSR count). The number of nitrogens with zero attached hydrogens (tertiary/aromatic N) is 1. The van der Waals surface area contributed by atoms with Gasteiger partial charge in [-0.25, -0.2) is 0 Å². The molecule has 0 atom stereocenters.